The van der Waals surface area contributed by atoms with Crippen molar-refractivity contribution in [1.82, 2.24) is 29.6 Å². The number of aryl methyl sites for hydroxylation is 2. The summed E-state index contributed by atoms with van der Waals surface area (Å²) in [5, 5.41) is 7.13. The molecule has 1 aliphatic rings. The molecular weight excluding hydrogens is 392 g/mol. The van der Waals surface area contributed by atoms with Crippen LogP contribution in [0.25, 0.3) is 22.6 Å². The Hall–Kier alpha value is -3.68. The third kappa shape index (κ3) is 4.14. The zero-order valence-corrected chi connectivity index (χ0v) is 17.6. The predicted molar refractivity (Wildman–Crippen MR) is 115 cm³/mol. The Morgan fingerprint density at radius 1 is 1.19 bits per heavy atom. The van der Waals surface area contributed by atoms with Crippen LogP contribution in [0.3, 0.4) is 0 Å². The number of carbonyl (C=O) groups excluding carboxylic acids is 1. The molecule has 0 bridgehead atoms. The second-order valence-electron chi connectivity index (χ2n) is 8.04. The van der Waals surface area contributed by atoms with Crippen LogP contribution in [-0.2, 0) is 20.1 Å². The molecule has 1 amide bonds. The molecule has 0 atom stereocenters. The smallest absolute Gasteiger partial charge is 0.268 e. The van der Waals surface area contributed by atoms with Crippen molar-refractivity contribution in [2.45, 2.75) is 32.9 Å². The van der Waals surface area contributed by atoms with Gasteiger partial charge in [-0.25, -0.2) is 9.97 Å². The normalized spacial score (nSPS) is 13.5. The van der Waals surface area contributed by atoms with Gasteiger partial charge in [-0.3, -0.25) is 9.48 Å². The van der Waals surface area contributed by atoms with Gasteiger partial charge in [-0.15, -0.1) is 0 Å². The fourth-order valence-electron chi connectivity index (χ4n) is 3.63. The predicted octanol–water partition coefficient (Wildman–Crippen LogP) is 3.59. The lowest BCUT2D eigenvalue weighted by atomic mass is 10.2. The van der Waals surface area contributed by atoms with E-state index in [0.717, 1.165) is 34.9 Å². The lowest BCUT2D eigenvalue weighted by Gasteiger charge is -2.08. The van der Waals surface area contributed by atoms with Crippen LogP contribution in [0.5, 0.6) is 0 Å². The summed E-state index contributed by atoms with van der Waals surface area (Å²) in [6.07, 6.45) is 9.75. The molecule has 0 spiro atoms. The second kappa shape index (κ2) is 7.86. The van der Waals surface area contributed by atoms with E-state index in [1.807, 2.05) is 49.0 Å². The van der Waals surface area contributed by atoms with Gasteiger partial charge in [-0.05, 0) is 49.9 Å². The number of aromatic nitrogens is 5. The Balaban J connectivity index is 1.38. The number of carbonyl (C=O) groups is 1. The quantitative estimate of drug-likeness (QED) is 0.497. The van der Waals surface area contributed by atoms with Gasteiger partial charge in [0.15, 0.2) is 5.82 Å². The number of rotatable bonds is 7. The van der Waals surface area contributed by atoms with Gasteiger partial charge in [0.25, 0.3) is 5.91 Å². The van der Waals surface area contributed by atoms with Crippen LogP contribution in [0.4, 0.5) is 0 Å². The highest BCUT2D eigenvalue weighted by Crippen LogP contribution is 2.32. The molecule has 5 rings (SSSR count). The van der Waals surface area contributed by atoms with E-state index in [1.54, 1.807) is 23.3 Å². The highest BCUT2D eigenvalue weighted by Gasteiger charge is 2.25. The van der Waals surface area contributed by atoms with Crippen molar-refractivity contribution < 1.29 is 9.21 Å². The molecule has 0 aliphatic heterocycles. The van der Waals surface area contributed by atoms with Crippen LogP contribution in [0.2, 0.25) is 0 Å². The number of nitrogens with one attached hydrogen (secondary N) is 1. The summed E-state index contributed by atoms with van der Waals surface area (Å²) in [4.78, 5) is 21.9. The molecule has 1 fully saturated rings. The molecule has 1 N–H and O–H groups in total. The fourth-order valence-corrected chi connectivity index (χ4v) is 3.63. The summed E-state index contributed by atoms with van der Waals surface area (Å²) in [7, 11) is 1.86. The van der Waals surface area contributed by atoms with Gasteiger partial charge in [0, 0.05) is 49.5 Å². The first-order valence-corrected chi connectivity index (χ1v) is 10.4. The molecule has 158 valence electrons. The Labute approximate surface area is 179 Å². The summed E-state index contributed by atoms with van der Waals surface area (Å²) < 4.78 is 9.34. The van der Waals surface area contributed by atoms with Crippen LogP contribution >= 0.6 is 0 Å². The van der Waals surface area contributed by atoms with Gasteiger partial charge < -0.3 is 14.3 Å². The molecule has 4 aromatic rings. The van der Waals surface area contributed by atoms with Gasteiger partial charge in [-0.2, -0.15) is 5.10 Å². The van der Waals surface area contributed by atoms with Gasteiger partial charge in [0.2, 0.25) is 0 Å². The molecule has 0 radical (unpaired) electrons. The minimum atomic E-state index is -0.117. The molecule has 31 heavy (non-hydrogen) atoms. The van der Waals surface area contributed by atoms with Crippen molar-refractivity contribution in [3.8, 4) is 22.6 Å². The van der Waals surface area contributed by atoms with Gasteiger partial charge in [0.1, 0.15) is 22.9 Å². The first-order valence-electron chi connectivity index (χ1n) is 10.4. The highest BCUT2D eigenvalue weighted by atomic mass is 16.3. The van der Waals surface area contributed by atoms with Crippen LogP contribution in [0.1, 0.15) is 34.9 Å². The number of furan rings is 1. The Kier molecular flexibility index (Phi) is 4.89. The van der Waals surface area contributed by atoms with Crippen molar-refractivity contribution in [2.75, 3.05) is 0 Å². The summed E-state index contributed by atoms with van der Waals surface area (Å²) >= 11 is 0. The van der Waals surface area contributed by atoms with Crippen molar-refractivity contribution >= 4 is 5.91 Å². The average molecular weight is 416 g/mol. The molecule has 0 saturated heterocycles. The molecule has 8 heteroatoms. The van der Waals surface area contributed by atoms with E-state index < -0.39 is 0 Å². The third-order valence-corrected chi connectivity index (χ3v) is 5.54. The number of hydrogen-bond acceptors (Lipinski definition) is 5. The molecule has 0 aromatic carbocycles. The molecule has 1 aliphatic carbocycles. The van der Waals surface area contributed by atoms with Crippen LogP contribution in [0.15, 0.2) is 53.5 Å². The minimum Gasteiger partial charge on any atom is -0.465 e. The average Bonchev–Trinajstić information content (AvgIpc) is 3.12. The summed E-state index contributed by atoms with van der Waals surface area (Å²) in [5.41, 5.74) is 3.29. The monoisotopic (exact) mass is 416 g/mol. The molecule has 0 unspecified atom stereocenters. The standard InChI is InChI=1S/C23H24N6O2/c1-15-3-6-19(31-15)12-26-23(30)21-9-17(14-29(21)13-16-4-5-16)18-10-24-22(25-11-18)20-7-8-27-28(20)2/h3,6-11,14,16H,4-5,12-13H2,1-2H3,(H,26,30). The molecular formula is C23H24N6O2. The number of amides is 1. The Bertz CT molecular complexity index is 1210. The van der Waals surface area contributed by atoms with Gasteiger partial charge in [0.05, 0.1) is 6.54 Å². The van der Waals surface area contributed by atoms with Crippen LogP contribution < -0.4 is 5.32 Å². The molecule has 1 saturated carbocycles. The van der Waals surface area contributed by atoms with Crippen molar-refractivity contribution in [1.29, 1.82) is 0 Å². The van der Waals surface area contributed by atoms with Gasteiger partial charge >= 0.3 is 0 Å². The summed E-state index contributed by atoms with van der Waals surface area (Å²) in [6.45, 7) is 3.09. The zero-order chi connectivity index (χ0) is 21.4. The van der Waals surface area contributed by atoms with E-state index in [0.29, 0.717) is 24.0 Å². The van der Waals surface area contributed by atoms with E-state index in [9.17, 15) is 4.79 Å². The van der Waals surface area contributed by atoms with Crippen LogP contribution in [-0.4, -0.2) is 30.2 Å². The lowest BCUT2D eigenvalue weighted by molar-refractivity contribution is 0.0938. The maximum Gasteiger partial charge on any atom is 0.268 e. The van der Waals surface area contributed by atoms with E-state index in [4.69, 9.17) is 4.42 Å². The zero-order valence-electron chi connectivity index (χ0n) is 17.6. The SMILES string of the molecule is Cc1ccc(CNC(=O)c2cc(-c3cnc(-c4ccnn4C)nc3)cn2CC2CC2)o1. The Morgan fingerprint density at radius 3 is 2.65 bits per heavy atom. The van der Waals surface area contributed by atoms with Crippen molar-refractivity contribution in [2.24, 2.45) is 13.0 Å². The topological polar surface area (TPSA) is 90.8 Å². The van der Waals surface area contributed by atoms with Gasteiger partial charge in [-0.1, -0.05) is 0 Å². The summed E-state index contributed by atoms with van der Waals surface area (Å²) in [6, 6.07) is 7.56. The third-order valence-electron chi connectivity index (χ3n) is 5.54. The first kappa shape index (κ1) is 19.3. The fraction of sp³-hybridized carbons (Fsp3) is 0.304. The van der Waals surface area contributed by atoms with Crippen molar-refractivity contribution in [3.05, 3.63) is 66.3 Å². The highest BCUT2D eigenvalue weighted by molar-refractivity contribution is 5.94. The van der Waals surface area contributed by atoms with E-state index >= 15 is 0 Å². The number of hydrogen-bond donors (Lipinski definition) is 1. The van der Waals surface area contributed by atoms with E-state index in [2.05, 4.69) is 20.4 Å². The molecule has 4 heterocycles. The first-order chi connectivity index (χ1) is 15.1. The maximum absolute atomic E-state index is 12.9. The maximum atomic E-state index is 12.9. The van der Waals surface area contributed by atoms with E-state index in [1.165, 1.54) is 12.8 Å². The van der Waals surface area contributed by atoms with E-state index in [-0.39, 0.29) is 5.91 Å². The second-order valence-corrected chi connectivity index (χ2v) is 8.04. The Morgan fingerprint density at radius 2 is 2.00 bits per heavy atom. The van der Waals surface area contributed by atoms with Crippen molar-refractivity contribution in [3.63, 3.8) is 0 Å². The number of nitrogens with zero attached hydrogens (tertiary/aromatic N) is 5. The molecule has 8 nitrogen and oxygen atoms in total. The largest absolute Gasteiger partial charge is 0.465 e. The van der Waals surface area contributed by atoms with Crippen LogP contribution in [0, 0.1) is 12.8 Å². The minimum absolute atomic E-state index is 0.117. The molecule has 4 aromatic heterocycles. The lowest BCUT2D eigenvalue weighted by Crippen LogP contribution is -2.25. The summed E-state index contributed by atoms with van der Waals surface area (Å²) in [5.74, 6) is 2.72.